The molecule has 15 aliphatic rings. The lowest BCUT2D eigenvalue weighted by molar-refractivity contribution is -0.195. The standard InChI is InChI=1S/C42H58O6.C38H51ClO4.C35H52O6.C4H8O2.C3H7NO2.CH4O.ClH/c1-37(2)28(31(43)14-15-34(45)47-8)16-18-40(5)33(37)17-19-42(7)35(40)32(44)24-29-30-25-39(4,21-20-38(30,3)22-23-41(29,42)6)36(46)48-26-27-12-10-9-11-13-27;1-33(2)25(31(39)41)13-15-36(5)29(33)14-16-38(7)30(36)28(40)21-26-27-22-35(4,18-17-34(27,3)19-20-37(26,38)6)32(42)43-23-24-11-9-8-10-12-24;1-30(2)21(24(36)9-10-27(38)41-8)11-13-33(5)26(30)12-14-35(7)28(33)25(37)19-22-23-20-32(4,29(39)40)16-15-31(23,3)17-18-34(22,35)6;1-3-6-4(2)5;1-6-3(5)2-4;1-2;/h9-13,24,28,30,33,35H,14-23,25-26H2,1-8H3;8-12,21,25,27,29-30H,13-20,22-23H2,1-7H3;19,21,23,26,28H,9-18,20H2,1-8H3,(H,39,40);3H2,1-2H3;2,4H2,1H3;2H,1H3;1H/t28-,30+,33+,35-,38-,39+,40+,41-,42-;25-,27+,29+,30-,34-,35+,36+,37-,38-;21-,23+,26+,28-,31-,32+,33+,34-,35-;;;;/m111..../s1. The first-order valence-electron chi connectivity index (χ1n) is 55.1. The van der Waals surface area contributed by atoms with Gasteiger partial charge in [0.25, 0.3) is 0 Å². The van der Waals surface area contributed by atoms with Crippen LogP contribution in [0.5, 0.6) is 0 Å². The van der Waals surface area contributed by atoms with Crippen molar-refractivity contribution in [3.63, 3.8) is 0 Å². The zero-order valence-electron chi connectivity index (χ0n) is 94.2. The van der Waals surface area contributed by atoms with Crippen LogP contribution in [0.1, 0.15) is 369 Å². The van der Waals surface area contributed by atoms with E-state index in [9.17, 15) is 67.4 Å². The van der Waals surface area contributed by atoms with Crippen molar-refractivity contribution in [3.05, 3.63) is 107 Å². The summed E-state index contributed by atoms with van der Waals surface area (Å²) in [6.45, 7) is 52.2. The second-order valence-corrected chi connectivity index (χ2v) is 53.9. The van der Waals surface area contributed by atoms with E-state index >= 15 is 0 Å². The van der Waals surface area contributed by atoms with Crippen LogP contribution in [0.15, 0.2) is 95.6 Å². The van der Waals surface area contributed by atoms with Gasteiger partial charge in [-0.2, -0.15) is 0 Å². The van der Waals surface area contributed by atoms with Crippen LogP contribution in [0.25, 0.3) is 0 Å². The number of aliphatic hydroxyl groups is 1. The number of hydrogen-bond donors (Lipinski definition) is 3. The number of carboxylic acids is 1. The fraction of sp³-hybridized carbons (Fsp3) is 0.748. The number of hydrogen-bond acceptors (Lipinski definition) is 21. The number of Topliss-reactive ketones (excluding diaryl/α,β-unsaturated/α-hetero) is 2. The third-order valence-corrected chi connectivity index (χ3v) is 45.4. The third-order valence-electron chi connectivity index (χ3n) is 45.2. The minimum atomic E-state index is -0.753. The second-order valence-electron chi connectivity index (χ2n) is 53.5. The molecule has 818 valence electrons. The molecule has 0 radical (unpaired) electrons. The summed E-state index contributed by atoms with van der Waals surface area (Å²) in [6, 6.07) is 19.8. The molecule has 17 rings (SSSR count). The highest BCUT2D eigenvalue weighted by molar-refractivity contribution is 6.64. The summed E-state index contributed by atoms with van der Waals surface area (Å²) >= 11 is 6.15. The molecule has 147 heavy (non-hydrogen) atoms. The van der Waals surface area contributed by atoms with Crippen LogP contribution in [0.3, 0.4) is 0 Å². The van der Waals surface area contributed by atoms with Gasteiger partial charge in [0.05, 0.1) is 63.6 Å². The normalized spacial score (nSPS) is 40.4. The molecular formula is C123H181Cl2NO21. The van der Waals surface area contributed by atoms with Gasteiger partial charge in [0, 0.05) is 62.4 Å². The van der Waals surface area contributed by atoms with Gasteiger partial charge in [-0.3, -0.25) is 62.3 Å². The summed E-state index contributed by atoms with van der Waals surface area (Å²) < 4.78 is 30.0. The van der Waals surface area contributed by atoms with Crippen LogP contribution in [-0.2, 0) is 104 Å². The van der Waals surface area contributed by atoms with Gasteiger partial charge in [0.15, 0.2) is 17.3 Å². The maximum Gasteiger partial charge on any atom is 0.319 e. The molecule has 0 bridgehead atoms. The van der Waals surface area contributed by atoms with Crippen LogP contribution in [-0.4, -0.2) is 128 Å². The molecule has 0 saturated heterocycles. The van der Waals surface area contributed by atoms with Crippen molar-refractivity contribution in [1.29, 1.82) is 0 Å². The lowest BCUT2D eigenvalue weighted by Crippen LogP contribution is -2.66. The van der Waals surface area contributed by atoms with Crippen molar-refractivity contribution in [2.75, 3.05) is 41.6 Å². The predicted molar refractivity (Wildman–Crippen MR) is 571 cm³/mol. The van der Waals surface area contributed by atoms with Crippen LogP contribution in [0.4, 0.5) is 0 Å². The Labute approximate surface area is 889 Å². The molecule has 2 aromatic rings. The number of ether oxygens (including phenoxy) is 6. The summed E-state index contributed by atoms with van der Waals surface area (Å²) in [7, 11) is 5.02. The van der Waals surface area contributed by atoms with Gasteiger partial charge in [-0.15, -0.1) is 12.4 Å². The van der Waals surface area contributed by atoms with E-state index in [0.29, 0.717) is 26.1 Å². The minimum Gasteiger partial charge on any atom is -0.481 e. The Morgan fingerprint density at radius 1 is 0.374 bits per heavy atom. The van der Waals surface area contributed by atoms with Crippen LogP contribution in [0, 0.1) is 168 Å². The number of nitrogens with two attached hydrogens (primary N) is 1. The third kappa shape index (κ3) is 20.9. The molecule has 0 heterocycles. The van der Waals surface area contributed by atoms with Gasteiger partial charge in [-0.25, -0.2) is 0 Å². The van der Waals surface area contributed by atoms with Gasteiger partial charge in [0.1, 0.15) is 24.8 Å². The number of aliphatic hydroxyl groups excluding tert-OH is 1. The number of aliphatic carboxylic acids is 1. The number of methoxy groups -OCH3 is 3. The Morgan fingerprint density at radius 2 is 0.660 bits per heavy atom. The molecule has 24 heteroatoms. The Hall–Kier alpha value is -7.53. The molecule has 0 aliphatic heterocycles. The first-order chi connectivity index (χ1) is 67.9. The summed E-state index contributed by atoms with van der Waals surface area (Å²) in [4.78, 5) is 166. The van der Waals surface area contributed by atoms with E-state index in [2.05, 4.69) is 160 Å². The quantitative estimate of drug-likeness (QED) is 0.0709. The minimum absolute atomic E-state index is 0. The Kier molecular flexibility index (Phi) is 35.7. The Bertz CT molecular complexity index is 5380. The molecule has 22 nitrogen and oxygen atoms in total. The summed E-state index contributed by atoms with van der Waals surface area (Å²) in [5.74, 6) is -0.701. The van der Waals surface area contributed by atoms with Gasteiger partial charge in [-0.1, -0.05) is 202 Å². The molecule has 12 fully saturated rings. The average molecular weight is 2080 g/mol. The van der Waals surface area contributed by atoms with E-state index in [4.69, 9.17) is 41.4 Å². The highest BCUT2D eigenvalue weighted by Gasteiger charge is 2.76. The first-order valence-corrected chi connectivity index (χ1v) is 55.5. The van der Waals surface area contributed by atoms with Crippen LogP contribution in [0.2, 0.25) is 0 Å². The zero-order chi connectivity index (χ0) is 109. The monoisotopic (exact) mass is 2080 g/mol. The SMILES string of the molecule is CC1(C)[C@@H](C(=O)Cl)CC[C@]2(C)[C@H]3C(=O)C=C4[C@@H]5C[C@@](C)(C(=O)OCc6ccccc6)CC[C@]5(C)CC[C@@]4(C)[C@]3(C)CC[C@@H]12.CCOC(C)=O.CO.COC(=O)CCC(=O)[C@H]1CC[C@]2(C)[C@H]3C(=O)C=C4[C@@H]5C[C@@](C)(C(=O)O)CC[C@]5(C)CC[C@@]4(C)[C@]3(C)CC[C@H]2C1(C)C.COC(=O)CCC(=O)[C@H]1CC[C@]2(C)[C@H]3C(=O)C=C4[C@@H]5C[C@@](C)(C(=O)OCc6ccccc6)CC[C@]5(C)CC[C@@]4(C)[C@]3(C)CC[C@H]2C1(C)C.COC(=O)CN.Cl. The molecular weight excluding hydrogens is 1900 g/mol. The number of ketones is 5. The summed E-state index contributed by atoms with van der Waals surface area (Å²) in [6.07, 6.45) is 31.0. The zero-order valence-corrected chi connectivity index (χ0v) is 95.8. The van der Waals surface area contributed by atoms with Gasteiger partial charge >= 0.3 is 41.8 Å². The smallest absolute Gasteiger partial charge is 0.319 e. The maximum atomic E-state index is 14.8. The number of halogens is 2. The molecule has 0 aromatic heterocycles. The highest BCUT2D eigenvalue weighted by Crippen LogP contribution is 2.81. The lowest BCUT2D eigenvalue weighted by Gasteiger charge is -2.70. The molecule has 2 aromatic carbocycles. The number of carbonyl (C=O) groups excluding carboxylic acids is 12. The molecule has 4 N–H and O–H groups in total. The molecule has 27 atom stereocenters. The average Bonchev–Trinajstić information content (AvgIpc) is 0.677. The van der Waals surface area contributed by atoms with Crippen molar-refractivity contribution < 1.29 is 101 Å². The van der Waals surface area contributed by atoms with Crippen molar-refractivity contribution in [3.8, 4) is 0 Å². The van der Waals surface area contributed by atoms with Crippen molar-refractivity contribution >= 4 is 100.0 Å². The highest BCUT2D eigenvalue weighted by atomic mass is 35.5. The molecule has 0 unspecified atom stereocenters. The van der Waals surface area contributed by atoms with E-state index in [-0.39, 0.29) is 273 Å². The fourth-order valence-corrected chi connectivity index (χ4v) is 36.2. The number of carbonyl (C=O) groups is 13. The van der Waals surface area contributed by atoms with Crippen LogP contribution < -0.4 is 5.73 Å². The lowest BCUT2D eigenvalue weighted by atomic mass is 9.33. The molecule has 15 aliphatic carbocycles. The summed E-state index contributed by atoms with van der Waals surface area (Å²) in [5, 5.41) is 16.9. The van der Waals surface area contributed by atoms with Gasteiger partial charge in [-0.05, 0) is 359 Å². The van der Waals surface area contributed by atoms with Crippen molar-refractivity contribution in [2.45, 2.75) is 372 Å². The van der Waals surface area contributed by atoms with Crippen LogP contribution >= 0.6 is 24.0 Å². The number of fused-ring (bicyclic) bond motifs is 21. The molecule has 0 spiro atoms. The van der Waals surface area contributed by atoms with E-state index < -0.39 is 22.2 Å². The number of allylic oxidation sites excluding steroid dienone is 6. The number of benzene rings is 2. The van der Waals surface area contributed by atoms with E-state index in [0.717, 1.165) is 179 Å². The number of rotatable bonds is 18. The fourth-order valence-electron chi connectivity index (χ4n) is 35.8. The van der Waals surface area contributed by atoms with Crippen molar-refractivity contribution in [1.82, 2.24) is 0 Å². The predicted octanol–water partition coefficient (Wildman–Crippen LogP) is 24.8. The molecule has 12 saturated carbocycles. The Balaban J connectivity index is 0.000000196. The largest absolute Gasteiger partial charge is 0.481 e. The second kappa shape index (κ2) is 43.8. The van der Waals surface area contributed by atoms with E-state index in [1.807, 2.05) is 73.7 Å². The summed E-state index contributed by atoms with van der Waals surface area (Å²) in [5.41, 5.74) is 6.47. The number of carboxylic acid groups (broad SMARTS) is 1. The first kappa shape index (κ1) is 120. The van der Waals surface area contributed by atoms with Gasteiger partial charge < -0.3 is 44.4 Å². The van der Waals surface area contributed by atoms with Gasteiger partial charge in [0.2, 0.25) is 5.24 Å². The van der Waals surface area contributed by atoms with E-state index in [1.165, 1.54) is 45.0 Å². The van der Waals surface area contributed by atoms with Crippen molar-refractivity contribution in [2.24, 2.45) is 174 Å². The molecule has 0 amide bonds. The number of esters is 6. The maximum absolute atomic E-state index is 14.8. The van der Waals surface area contributed by atoms with E-state index in [1.54, 1.807) is 6.92 Å². The Morgan fingerprint density at radius 3 is 0.925 bits per heavy atom. The topological polar surface area (TPSA) is 344 Å².